The lowest BCUT2D eigenvalue weighted by Gasteiger charge is -2.23. The standard InChI is InChI=1S/C15H15Cl2N3O/c1-20(2)14(10-4-3-5-18-9-10)15(21)19-13-7-11(16)6-12(17)8-13/h3-9,14H,1-2H3,(H,19,21). The summed E-state index contributed by atoms with van der Waals surface area (Å²) in [6, 6.07) is 8.14. The van der Waals surface area contributed by atoms with E-state index in [1.807, 2.05) is 25.1 Å². The molecule has 1 aromatic heterocycles. The predicted molar refractivity (Wildman–Crippen MR) is 85.8 cm³/mol. The van der Waals surface area contributed by atoms with Gasteiger partial charge in [0.15, 0.2) is 0 Å². The minimum atomic E-state index is -0.448. The molecule has 1 heterocycles. The topological polar surface area (TPSA) is 45.2 Å². The molecule has 0 aliphatic carbocycles. The van der Waals surface area contributed by atoms with E-state index in [9.17, 15) is 4.79 Å². The zero-order valence-corrected chi connectivity index (χ0v) is 13.2. The van der Waals surface area contributed by atoms with Crippen LogP contribution in [0, 0.1) is 0 Å². The van der Waals surface area contributed by atoms with Gasteiger partial charge in [0.1, 0.15) is 6.04 Å². The lowest BCUT2D eigenvalue weighted by molar-refractivity contribution is -0.120. The summed E-state index contributed by atoms with van der Waals surface area (Å²) < 4.78 is 0. The van der Waals surface area contributed by atoms with Crippen molar-refractivity contribution < 1.29 is 4.79 Å². The summed E-state index contributed by atoms with van der Waals surface area (Å²) in [5.74, 6) is -0.175. The molecule has 1 unspecified atom stereocenters. The van der Waals surface area contributed by atoms with Crippen LogP contribution in [0.2, 0.25) is 10.0 Å². The van der Waals surface area contributed by atoms with Crippen LogP contribution in [0.5, 0.6) is 0 Å². The molecule has 110 valence electrons. The van der Waals surface area contributed by atoms with E-state index >= 15 is 0 Å². The molecule has 1 N–H and O–H groups in total. The fraction of sp³-hybridized carbons (Fsp3) is 0.200. The first kappa shape index (κ1) is 15.8. The van der Waals surface area contributed by atoms with Crippen molar-refractivity contribution in [2.24, 2.45) is 0 Å². The molecule has 0 saturated heterocycles. The average Bonchev–Trinajstić information content (AvgIpc) is 2.38. The van der Waals surface area contributed by atoms with Crippen molar-refractivity contribution in [2.75, 3.05) is 19.4 Å². The molecule has 6 heteroatoms. The minimum Gasteiger partial charge on any atom is -0.324 e. The summed E-state index contributed by atoms with van der Waals surface area (Å²) in [6.45, 7) is 0. The monoisotopic (exact) mass is 323 g/mol. The third-order valence-corrected chi connectivity index (χ3v) is 3.33. The molecule has 21 heavy (non-hydrogen) atoms. The van der Waals surface area contributed by atoms with E-state index in [4.69, 9.17) is 23.2 Å². The van der Waals surface area contributed by atoms with Gasteiger partial charge in [0, 0.05) is 28.1 Å². The van der Waals surface area contributed by atoms with Gasteiger partial charge >= 0.3 is 0 Å². The molecule has 2 rings (SSSR count). The van der Waals surface area contributed by atoms with E-state index < -0.39 is 6.04 Å². The highest BCUT2D eigenvalue weighted by atomic mass is 35.5. The fourth-order valence-corrected chi connectivity index (χ4v) is 2.58. The van der Waals surface area contributed by atoms with Gasteiger partial charge in [0.25, 0.3) is 0 Å². The highest BCUT2D eigenvalue weighted by Gasteiger charge is 2.23. The normalized spacial score (nSPS) is 12.2. The van der Waals surface area contributed by atoms with E-state index in [0.717, 1.165) is 5.56 Å². The molecule has 0 saturated carbocycles. The van der Waals surface area contributed by atoms with Crippen LogP contribution < -0.4 is 5.32 Å². The van der Waals surface area contributed by atoms with E-state index in [1.165, 1.54) is 0 Å². The third-order valence-electron chi connectivity index (χ3n) is 2.89. The van der Waals surface area contributed by atoms with Crippen molar-refractivity contribution in [3.63, 3.8) is 0 Å². The number of carbonyl (C=O) groups excluding carboxylic acids is 1. The summed E-state index contributed by atoms with van der Waals surface area (Å²) in [6.07, 6.45) is 3.35. The van der Waals surface area contributed by atoms with Crippen molar-refractivity contribution in [1.29, 1.82) is 0 Å². The van der Waals surface area contributed by atoms with Crippen LogP contribution in [0.4, 0.5) is 5.69 Å². The van der Waals surface area contributed by atoms with Crippen LogP contribution in [0.15, 0.2) is 42.7 Å². The summed E-state index contributed by atoms with van der Waals surface area (Å²) >= 11 is 11.9. The number of hydrogen-bond acceptors (Lipinski definition) is 3. The Balaban J connectivity index is 2.24. The first-order chi connectivity index (χ1) is 9.97. The Hall–Kier alpha value is -1.62. The first-order valence-electron chi connectivity index (χ1n) is 6.30. The molecule has 0 fully saturated rings. The second-order valence-electron chi connectivity index (χ2n) is 4.80. The van der Waals surface area contributed by atoms with Gasteiger partial charge < -0.3 is 5.32 Å². The van der Waals surface area contributed by atoms with Crippen LogP contribution in [0.25, 0.3) is 0 Å². The molecular formula is C15H15Cl2N3O. The number of aromatic nitrogens is 1. The highest BCUT2D eigenvalue weighted by Crippen LogP contribution is 2.24. The second kappa shape index (κ2) is 6.89. The second-order valence-corrected chi connectivity index (χ2v) is 5.67. The van der Waals surface area contributed by atoms with Crippen molar-refractivity contribution in [3.05, 3.63) is 58.3 Å². The number of rotatable bonds is 4. The van der Waals surface area contributed by atoms with Crippen LogP contribution >= 0.6 is 23.2 Å². The number of anilines is 1. The van der Waals surface area contributed by atoms with Crippen LogP contribution in [0.3, 0.4) is 0 Å². The maximum absolute atomic E-state index is 12.5. The number of nitrogens with zero attached hydrogens (tertiary/aromatic N) is 2. The Labute approximate surface area is 133 Å². The number of hydrogen-bond donors (Lipinski definition) is 1. The minimum absolute atomic E-state index is 0.175. The Kier molecular flexibility index (Phi) is 5.17. The van der Waals surface area contributed by atoms with E-state index in [0.29, 0.717) is 15.7 Å². The van der Waals surface area contributed by atoms with Crippen molar-refractivity contribution in [1.82, 2.24) is 9.88 Å². The third kappa shape index (κ3) is 4.17. The van der Waals surface area contributed by atoms with E-state index in [2.05, 4.69) is 10.3 Å². The summed E-state index contributed by atoms with van der Waals surface area (Å²) in [7, 11) is 3.67. The summed E-state index contributed by atoms with van der Waals surface area (Å²) in [5, 5.41) is 3.77. The SMILES string of the molecule is CN(C)C(C(=O)Nc1cc(Cl)cc(Cl)c1)c1cccnc1. The smallest absolute Gasteiger partial charge is 0.246 e. The number of pyridine rings is 1. The number of halogens is 2. The molecule has 1 atom stereocenters. The van der Waals surface area contributed by atoms with Gasteiger partial charge in [-0.3, -0.25) is 14.7 Å². The largest absolute Gasteiger partial charge is 0.324 e. The lowest BCUT2D eigenvalue weighted by atomic mass is 10.1. The fourth-order valence-electron chi connectivity index (χ4n) is 2.06. The van der Waals surface area contributed by atoms with Crippen molar-refractivity contribution in [3.8, 4) is 0 Å². The number of amides is 1. The molecule has 0 radical (unpaired) electrons. The maximum atomic E-state index is 12.5. The summed E-state index contributed by atoms with van der Waals surface area (Å²) in [4.78, 5) is 18.4. The van der Waals surface area contributed by atoms with Gasteiger partial charge in [-0.15, -0.1) is 0 Å². The quantitative estimate of drug-likeness (QED) is 0.934. The highest BCUT2D eigenvalue weighted by molar-refractivity contribution is 6.35. The number of benzene rings is 1. The van der Waals surface area contributed by atoms with Gasteiger partial charge in [-0.05, 0) is 43.9 Å². The van der Waals surface area contributed by atoms with E-state index in [1.54, 1.807) is 36.7 Å². The molecule has 0 aliphatic rings. The van der Waals surface area contributed by atoms with Crippen molar-refractivity contribution in [2.45, 2.75) is 6.04 Å². The van der Waals surface area contributed by atoms with Gasteiger partial charge in [0.2, 0.25) is 5.91 Å². The van der Waals surface area contributed by atoms with Gasteiger partial charge in [0.05, 0.1) is 0 Å². The Morgan fingerprint density at radius 2 is 1.90 bits per heavy atom. The maximum Gasteiger partial charge on any atom is 0.246 e. The predicted octanol–water partition coefficient (Wildman–Crippen LogP) is 3.63. The first-order valence-corrected chi connectivity index (χ1v) is 7.06. The molecule has 4 nitrogen and oxygen atoms in total. The van der Waals surface area contributed by atoms with Gasteiger partial charge in [-0.25, -0.2) is 0 Å². The van der Waals surface area contributed by atoms with E-state index in [-0.39, 0.29) is 5.91 Å². The Bertz CT molecular complexity index is 612. The zero-order chi connectivity index (χ0) is 15.4. The summed E-state index contributed by atoms with van der Waals surface area (Å²) in [5.41, 5.74) is 1.38. The zero-order valence-electron chi connectivity index (χ0n) is 11.7. The molecule has 0 aliphatic heterocycles. The van der Waals surface area contributed by atoms with Gasteiger partial charge in [-0.2, -0.15) is 0 Å². The molecule has 1 amide bonds. The number of carbonyl (C=O) groups is 1. The number of nitrogens with one attached hydrogen (secondary N) is 1. The average molecular weight is 324 g/mol. The van der Waals surface area contributed by atoms with Crippen LogP contribution in [0.1, 0.15) is 11.6 Å². The van der Waals surface area contributed by atoms with Crippen molar-refractivity contribution >= 4 is 34.8 Å². The number of likely N-dealkylation sites (N-methyl/N-ethyl adjacent to an activating group) is 1. The van der Waals surface area contributed by atoms with Gasteiger partial charge in [-0.1, -0.05) is 29.3 Å². The Morgan fingerprint density at radius 3 is 2.43 bits per heavy atom. The molecule has 0 bridgehead atoms. The molecule has 2 aromatic rings. The molecule has 1 aromatic carbocycles. The van der Waals surface area contributed by atoms with Crippen LogP contribution in [-0.4, -0.2) is 29.9 Å². The Morgan fingerprint density at radius 1 is 1.24 bits per heavy atom. The van der Waals surface area contributed by atoms with Crippen LogP contribution in [-0.2, 0) is 4.79 Å². The lowest BCUT2D eigenvalue weighted by Crippen LogP contribution is -2.32. The molecular weight excluding hydrogens is 309 g/mol. The molecule has 0 spiro atoms.